The van der Waals surface area contributed by atoms with Crippen molar-refractivity contribution in [1.82, 2.24) is 19.1 Å². The first-order chi connectivity index (χ1) is 18.6. The minimum absolute atomic E-state index is 0.0563. The van der Waals surface area contributed by atoms with E-state index in [1.54, 1.807) is 0 Å². The zero-order valence-corrected chi connectivity index (χ0v) is 20.8. The Morgan fingerprint density at radius 3 is 2.36 bits per heavy atom. The Hall–Kier alpha value is -4.66. The van der Waals surface area contributed by atoms with Crippen molar-refractivity contribution in [2.75, 3.05) is 0 Å². The van der Waals surface area contributed by atoms with Crippen LogP contribution in [0.5, 0.6) is 0 Å². The molecule has 5 rings (SSSR count). The zero-order chi connectivity index (χ0) is 28.0. The number of hydrogen-bond acceptors (Lipinski definition) is 5. The van der Waals surface area contributed by atoms with Crippen LogP contribution in [-0.4, -0.2) is 19.1 Å². The predicted octanol–water partition coefficient (Wildman–Crippen LogP) is 4.55. The summed E-state index contributed by atoms with van der Waals surface area (Å²) in [5, 5.41) is 9.03. The summed E-state index contributed by atoms with van der Waals surface area (Å²) in [7, 11) is 0. The van der Waals surface area contributed by atoms with E-state index in [1.807, 2.05) is 6.07 Å². The van der Waals surface area contributed by atoms with Gasteiger partial charge >= 0.3 is 5.69 Å². The molecule has 0 saturated heterocycles. The lowest BCUT2D eigenvalue weighted by molar-refractivity contribution is 0.444. The predicted molar refractivity (Wildman–Crippen MR) is 138 cm³/mol. The van der Waals surface area contributed by atoms with Crippen LogP contribution in [0.4, 0.5) is 13.2 Å². The average molecular weight is 570 g/mol. The van der Waals surface area contributed by atoms with Gasteiger partial charge in [-0.1, -0.05) is 23.2 Å². The van der Waals surface area contributed by atoms with Crippen molar-refractivity contribution in [1.29, 1.82) is 5.26 Å². The Balaban J connectivity index is 1.88. The molecule has 0 fully saturated rings. The van der Waals surface area contributed by atoms with Crippen LogP contribution in [0.25, 0.3) is 27.8 Å². The normalized spacial score (nSPS) is 11.1. The van der Waals surface area contributed by atoms with Crippen molar-refractivity contribution in [2.45, 2.75) is 6.54 Å². The second-order valence-electron chi connectivity index (χ2n) is 8.32. The Labute approximate surface area is 225 Å². The highest BCUT2D eigenvalue weighted by Crippen LogP contribution is 2.28. The van der Waals surface area contributed by atoms with Crippen molar-refractivity contribution >= 4 is 34.1 Å². The van der Waals surface area contributed by atoms with Crippen molar-refractivity contribution < 1.29 is 13.2 Å². The molecule has 0 unspecified atom stereocenters. The molecule has 39 heavy (non-hydrogen) atoms. The van der Waals surface area contributed by atoms with Crippen molar-refractivity contribution in [3.8, 4) is 23.0 Å². The molecule has 0 radical (unpaired) electrons. The van der Waals surface area contributed by atoms with Gasteiger partial charge < -0.3 is 4.98 Å². The molecule has 13 heteroatoms. The van der Waals surface area contributed by atoms with Gasteiger partial charge in [-0.25, -0.2) is 22.5 Å². The maximum atomic E-state index is 14.0. The van der Waals surface area contributed by atoms with E-state index < -0.39 is 46.2 Å². The van der Waals surface area contributed by atoms with E-state index in [0.717, 1.165) is 10.8 Å². The van der Waals surface area contributed by atoms with Crippen LogP contribution in [0.1, 0.15) is 11.1 Å². The van der Waals surface area contributed by atoms with Gasteiger partial charge in [-0.05, 0) is 48.0 Å². The first-order valence-electron chi connectivity index (χ1n) is 11.0. The van der Waals surface area contributed by atoms with Gasteiger partial charge in [-0.2, -0.15) is 5.26 Å². The van der Waals surface area contributed by atoms with E-state index in [1.165, 1.54) is 36.5 Å². The molecule has 0 atom stereocenters. The number of nitriles is 1. The fourth-order valence-electron chi connectivity index (χ4n) is 4.12. The molecule has 8 nitrogen and oxygen atoms in total. The first kappa shape index (κ1) is 26.0. The molecule has 3 heterocycles. The third-order valence-corrected chi connectivity index (χ3v) is 6.40. The van der Waals surface area contributed by atoms with Crippen LogP contribution in [0.15, 0.2) is 69.2 Å². The van der Waals surface area contributed by atoms with E-state index in [2.05, 4.69) is 9.97 Å². The molecule has 3 aromatic heterocycles. The molecule has 0 aliphatic rings. The maximum Gasteiger partial charge on any atom is 0.336 e. The Morgan fingerprint density at radius 2 is 1.69 bits per heavy atom. The molecular weight excluding hydrogens is 558 g/mol. The van der Waals surface area contributed by atoms with Crippen LogP contribution in [-0.2, 0) is 6.54 Å². The molecule has 0 bridgehead atoms. The lowest BCUT2D eigenvalue weighted by Gasteiger charge is -2.15. The van der Waals surface area contributed by atoms with Crippen LogP contribution >= 0.6 is 23.2 Å². The Bertz CT molecular complexity index is 2020. The largest absolute Gasteiger partial charge is 0.336 e. The van der Waals surface area contributed by atoms with Crippen LogP contribution in [0.2, 0.25) is 10.0 Å². The van der Waals surface area contributed by atoms with Crippen molar-refractivity contribution in [3.05, 3.63) is 125 Å². The zero-order valence-electron chi connectivity index (χ0n) is 19.3. The van der Waals surface area contributed by atoms with Gasteiger partial charge in [0.05, 0.1) is 46.3 Å². The minimum atomic E-state index is -1.70. The number of hydrogen-bond donors (Lipinski definition) is 1. The number of benzene rings is 2. The van der Waals surface area contributed by atoms with Crippen LogP contribution in [0, 0.1) is 28.8 Å². The first-order valence-corrected chi connectivity index (χ1v) is 11.7. The quantitative estimate of drug-likeness (QED) is 0.319. The van der Waals surface area contributed by atoms with Gasteiger partial charge in [0, 0.05) is 16.8 Å². The molecule has 1 N–H and O–H groups in total. The number of pyridine rings is 2. The fraction of sp³-hybridized carbons (Fsp3) is 0.0385. The molecule has 0 aliphatic heterocycles. The fourth-order valence-corrected chi connectivity index (χ4v) is 4.51. The van der Waals surface area contributed by atoms with E-state index in [-0.39, 0.29) is 43.6 Å². The Kier molecular flexibility index (Phi) is 6.59. The third-order valence-electron chi connectivity index (χ3n) is 5.86. The molecule has 2 aromatic carbocycles. The number of aromatic nitrogens is 4. The highest BCUT2D eigenvalue weighted by atomic mass is 35.5. The topological polar surface area (TPSA) is 114 Å². The average Bonchev–Trinajstić information content (AvgIpc) is 2.89. The number of nitrogens with zero attached hydrogens (tertiary/aromatic N) is 4. The summed E-state index contributed by atoms with van der Waals surface area (Å²) in [5.74, 6) is -4.68. The maximum absolute atomic E-state index is 14.0. The summed E-state index contributed by atoms with van der Waals surface area (Å²) in [6, 6.07) is 10.1. The van der Waals surface area contributed by atoms with Gasteiger partial charge in [0.2, 0.25) is 0 Å². The van der Waals surface area contributed by atoms with Gasteiger partial charge in [-0.3, -0.25) is 19.1 Å². The van der Waals surface area contributed by atoms with Crippen LogP contribution in [0.3, 0.4) is 0 Å². The number of nitrogens with one attached hydrogen (secondary N) is 1. The summed E-state index contributed by atoms with van der Waals surface area (Å²) in [6.45, 7) is -0.563. The van der Waals surface area contributed by atoms with Gasteiger partial charge in [0.25, 0.3) is 11.1 Å². The number of halogens is 5. The highest BCUT2D eigenvalue weighted by molar-refractivity contribution is 6.33. The lowest BCUT2D eigenvalue weighted by Crippen LogP contribution is -2.41. The van der Waals surface area contributed by atoms with Crippen molar-refractivity contribution in [3.63, 3.8) is 0 Å². The monoisotopic (exact) mass is 569 g/mol. The molecular formula is C26H12Cl2F3N5O3. The van der Waals surface area contributed by atoms with E-state index in [0.29, 0.717) is 16.7 Å². The number of H-pyrrole nitrogens is 1. The summed E-state index contributed by atoms with van der Waals surface area (Å²) in [4.78, 5) is 46.8. The minimum Gasteiger partial charge on any atom is -0.321 e. The van der Waals surface area contributed by atoms with Crippen molar-refractivity contribution in [2.24, 2.45) is 0 Å². The van der Waals surface area contributed by atoms with Gasteiger partial charge in [0.15, 0.2) is 17.5 Å². The summed E-state index contributed by atoms with van der Waals surface area (Å²) in [5.41, 5.74) is -2.90. The standard InChI is InChI=1S/C26H12Cl2F3N5O3/c27-14-6-15(10-33-9-14)36-25(38)22-21(35(26(36)39)11-13-4-18(29)23(31)19(30)5-13)7-20(34-24(22)37)16-3-12(8-32)1-2-17(16)28/h1-7,9-10H,11H2,(H,34,37). The molecule has 0 aliphatic carbocycles. The second-order valence-corrected chi connectivity index (χ2v) is 9.17. The summed E-state index contributed by atoms with van der Waals surface area (Å²) < 4.78 is 43.1. The van der Waals surface area contributed by atoms with Gasteiger partial charge in [-0.15, -0.1) is 0 Å². The summed E-state index contributed by atoms with van der Waals surface area (Å²) >= 11 is 12.3. The molecule has 0 amide bonds. The van der Waals surface area contributed by atoms with E-state index in [4.69, 9.17) is 23.2 Å². The van der Waals surface area contributed by atoms with E-state index >= 15 is 0 Å². The number of aromatic amines is 1. The lowest BCUT2D eigenvalue weighted by atomic mass is 10.1. The molecule has 0 saturated carbocycles. The van der Waals surface area contributed by atoms with Crippen LogP contribution < -0.4 is 16.8 Å². The smallest absolute Gasteiger partial charge is 0.321 e. The third kappa shape index (κ3) is 4.60. The SMILES string of the molecule is N#Cc1ccc(Cl)c(-c2cc3c(c(=O)[nH]2)c(=O)n(-c2cncc(Cl)c2)c(=O)n3Cc2cc(F)c(F)c(F)c2)c1. The molecule has 0 spiro atoms. The van der Waals surface area contributed by atoms with E-state index in [9.17, 15) is 32.8 Å². The molecule has 194 valence electrons. The highest BCUT2D eigenvalue weighted by Gasteiger charge is 2.21. The summed E-state index contributed by atoms with van der Waals surface area (Å²) in [6.07, 6.45) is 2.43. The molecule has 5 aromatic rings. The van der Waals surface area contributed by atoms with Gasteiger partial charge in [0.1, 0.15) is 5.39 Å². The Morgan fingerprint density at radius 1 is 0.974 bits per heavy atom. The number of fused-ring (bicyclic) bond motifs is 1. The second kappa shape index (κ2) is 9.90. The number of rotatable bonds is 4.